The predicted octanol–water partition coefficient (Wildman–Crippen LogP) is 2.44. The first-order chi connectivity index (χ1) is 8.61. The molecular weight excluding hydrogens is 224 g/mol. The second kappa shape index (κ2) is 5.38. The lowest BCUT2D eigenvalue weighted by atomic mass is 10.00. The molecule has 4 heteroatoms. The largest absolute Gasteiger partial charge is 0.384 e. The Hall–Kier alpha value is -1.58. The highest BCUT2D eigenvalue weighted by Gasteiger charge is 2.22. The number of pyridine rings is 1. The lowest BCUT2D eigenvalue weighted by Crippen LogP contribution is -2.39. The summed E-state index contributed by atoms with van der Waals surface area (Å²) in [7, 11) is 0. The van der Waals surface area contributed by atoms with Crippen LogP contribution in [0.25, 0.3) is 0 Å². The van der Waals surface area contributed by atoms with Gasteiger partial charge in [-0.2, -0.15) is 0 Å². The van der Waals surface area contributed by atoms with Gasteiger partial charge in [0.25, 0.3) is 0 Å². The van der Waals surface area contributed by atoms with Crippen molar-refractivity contribution in [3.8, 4) is 0 Å². The molecule has 1 fully saturated rings. The van der Waals surface area contributed by atoms with E-state index in [9.17, 15) is 0 Å². The highest BCUT2D eigenvalue weighted by molar-refractivity contribution is 5.95. The molecule has 2 heterocycles. The zero-order chi connectivity index (χ0) is 13.1. The molecule has 0 bridgehead atoms. The van der Waals surface area contributed by atoms with Gasteiger partial charge in [-0.1, -0.05) is 6.92 Å². The van der Waals surface area contributed by atoms with Gasteiger partial charge in [0.15, 0.2) is 0 Å². The molecule has 0 aliphatic carbocycles. The van der Waals surface area contributed by atoms with Crippen molar-refractivity contribution in [3.63, 3.8) is 0 Å². The van der Waals surface area contributed by atoms with Gasteiger partial charge >= 0.3 is 0 Å². The van der Waals surface area contributed by atoms with Gasteiger partial charge in [0.05, 0.1) is 0 Å². The second-order valence-electron chi connectivity index (χ2n) is 5.02. The molecule has 2 rings (SSSR count). The van der Waals surface area contributed by atoms with Gasteiger partial charge in [0, 0.05) is 23.8 Å². The van der Waals surface area contributed by atoms with Gasteiger partial charge in [-0.05, 0) is 44.7 Å². The minimum absolute atomic E-state index is 0.117. The molecule has 1 aromatic rings. The molecule has 1 aliphatic heterocycles. The third-order valence-electron chi connectivity index (χ3n) is 3.64. The van der Waals surface area contributed by atoms with Crippen LogP contribution in [0.3, 0.4) is 0 Å². The summed E-state index contributed by atoms with van der Waals surface area (Å²) < 4.78 is 0. The van der Waals surface area contributed by atoms with E-state index in [2.05, 4.69) is 16.8 Å². The number of hydrogen-bond donors (Lipinski definition) is 2. The van der Waals surface area contributed by atoms with Gasteiger partial charge in [-0.3, -0.25) is 5.41 Å². The molecule has 0 saturated carbocycles. The van der Waals surface area contributed by atoms with Crippen molar-refractivity contribution in [1.29, 1.82) is 5.41 Å². The van der Waals surface area contributed by atoms with E-state index in [1.54, 1.807) is 0 Å². The zero-order valence-electron chi connectivity index (χ0n) is 11.2. The van der Waals surface area contributed by atoms with Crippen LogP contribution in [0.2, 0.25) is 0 Å². The summed E-state index contributed by atoms with van der Waals surface area (Å²) in [6.45, 7) is 5.25. The Labute approximate surface area is 109 Å². The van der Waals surface area contributed by atoms with Crippen LogP contribution < -0.4 is 10.6 Å². The van der Waals surface area contributed by atoms with E-state index in [1.165, 1.54) is 19.3 Å². The van der Waals surface area contributed by atoms with Gasteiger partial charge in [0.2, 0.25) is 0 Å². The Morgan fingerprint density at radius 2 is 2.28 bits per heavy atom. The van der Waals surface area contributed by atoms with Gasteiger partial charge in [-0.25, -0.2) is 4.98 Å². The number of aryl methyl sites for hydroxylation is 1. The van der Waals surface area contributed by atoms with Gasteiger partial charge in [0.1, 0.15) is 11.7 Å². The summed E-state index contributed by atoms with van der Waals surface area (Å²) in [5.41, 5.74) is 7.29. The van der Waals surface area contributed by atoms with Crippen molar-refractivity contribution in [2.45, 2.75) is 45.6 Å². The Morgan fingerprint density at radius 3 is 2.94 bits per heavy atom. The van der Waals surface area contributed by atoms with Crippen LogP contribution in [0.1, 0.15) is 43.9 Å². The van der Waals surface area contributed by atoms with Crippen LogP contribution >= 0.6 is 0 Å². The van der Waals surface area contributed by atoms with Crippen LogP contribution in [-0.2, 0) is 0 Å². The monoisotopic (exact) mass is 246 g/mol. The van der Waals surface area contributed by atoms with Crippen molar-refractivity contribution < 1.29 is 0 Å². The van der Waals surface area contributed by atoms with Crippen LogP contribution in [0, 0.1) is 12.3 Å². The molecule has 0 spiro atoms. The summed E-state index contributed by atoms with van der Waals surface area (Å²) in [5.74, 6) is 1.10. The van der Waals surface area contributed by atoms with E-state index < -0.39 is 0 Å². The molecule has 0 amide bonds. The highest BCUT2D eigenvalue weighted by Crippen LogP contribution is 2.26. The lowest BCUT2D eigenvalue weighted by molar-refractivity contribution is 0.446. The van der Waals surface area contributed by atoms with E-state index in [0.29, 0.717) is 6.04 Å². The molecule has 18 heavy (non-hydrogen) atoms. The van der Waals surface area contributed by atoms with E-state index in [4.69, 9.17) is 11.1 Å². The van der Waals surface area contributed by atoms with Crippen molar-refractivity contribution in [2.75, 3.05) is 11.4 Å². The Morgan fingerprint density at radius 1 is 1.50 bits per heavy atom. The molecule has 4 nitrogen and oxygen atoms in total. The zero-order valence-corrected chi connectivity index (χ0v) is 11.2. The minimum Gasteiger partial charge on any atom is -0.384 e. The SMILES string of the molecule is CCC1CCCCN1c1cc(C(=N)N)cc(C)n1. The third kappa shape index (κ3) is 2.63. The number of piperidine rings is 1. The number of nitrogens with one attached hydrogen (secondary N) is 1. The molecule has 1 saturated heterocycles. The third-order valence-corrected chi connectivity index (χ3v) is 3.64. The lowest BCUT2D eigenvalue weighted by Gasteiger charge is -2.36. The van der Waals surface area contributed by atoms with E-state index in [1.807, 2.05) is 19.1 Å². The maximum Gasteiger partial charge on any atom is 0.129 e. The molecule has 1 atom stereocenters. The molecule has 1 unspecified atom stereocenters. The number of nitrogens with two attached hydrogens (primary N) is 1. The fourth-order valence-corrected chi connectivity index (χ4v) is 2.68. The standard InChI is InChI=1S/C14H22N4/c1-3-12-6-4-5-7-18(12)13-9-11(14(15)16)8-10(2)17-13/h8-9,12H,3-7H2,1-2H3,(H3,15,16). The molecular formula is C14H22N4. The average molecular weight is 246 g/mol. The molecule has 1 aliphatic rings. The maximum atomic E-state index is 7.57. The number of hydrogen-bond acceptors (Lipinski definition) is 3. The minimum atomic E-state index is 0.117. The highest BCUT2D eigenvalue weighted by atomic mass is 15.2. The first kappa shape index (κ1) is 12.9. The van der Waals surface area contributed by atoms with Crippen molar-refractivity contribution in [3.05, 3.63) is 23.4 Å². The molecule has 3 N–H and O–H groups in total. The number of nitrogen functional groups attached to an aromatic ring is 1. The second-order valence-corrected chi connectivity index (χ2v) is 5.02. The smallest absolute Gasteiger partial charge is 0.129 e. The first-order valence-electron chi connectivity index (χ1n) is 6.71. The van der Waals surface area contributed by atoms with Crippen LogP contribution in [0.5, 0.6) is 0 Å². The van der Waals surface area contributed by atoms with E-state index in [0.717, 1.165) is 30.0 Å². The average Bonchev–Trinajstić information content (AvgIpc) is 2.38. The van der Waals surface area contributed by atoms with E-state index in [-0.39, 0.29) is 5.84 Å². The number of anilines is 1. The van der Waals surface area contributed by atoms with Crippen LogP contribution in [-0.4, -0.2) is 23.4 Å². The summed E-state index contributed by atoms with van der Waals surface area (Å²) in [6.07, 6.45) is 4.91. The Bertz CT molecular complexity index is 441. The number of nitrogens with zero attached hydrogens (tertiary/aromatic N) is 2. The molecule has 0 aromatic carbocycles. The van der Waals surface area contributed by atoms with Gasteiger partial charge in [-0.15, -0.1) is 0 Å². The fraction of sp³-hybridized carbons (Fsp3) is 0.571. The number of aromatic nitrogens is 1. The number of amidine groups is 1. The van der Waals surface area contributed by atoms with Gasteiger partial charge < -0.3 is 10.6 Å². The van der Waals surface area contributed by atoms with Crippen molar-refractivity contribution >= 4 is 11.7 Å². The predicted molar refractivity (Wildman–Crippen MR) is 75.3 cm³/mol. The fourth-order valence-electron chi connectivity index (χ4n) is 2.68. The Balaban J connectivity index is 2.33. The topological polar surface area (TPSA) is 66.0 Å². The van der Waals surface area contributed by atoms with Crippen LogP contribution in [0.4, 0.5) is 5.82 Å². The first-order valence-corrected chi connectivity index (χ1v) is 6.71. The summed E-state index contributed by atoms with van der Waals surface area (Å²) in [6, 6.07) is 4.40. The quantitative estimate of drug-likeness (QED) is 0.636. The summed E-state index contributed by atoms with van der Waals surface area (Å²) in [4.78, 5) is 6.99. The summed E-state index contributed by atoms with van der Waals surface area (Å²) >= 11 is 0. The molecule has 1 aromatic heterocycles. The summed E-state index contributed by atoms with van der Waals surface area (Å²) in [5, 5.41) is 7.57. The van der Waals surface area contributed by atoms with Crippen LogP contribution in [0.15, 0.2) is 12.1 Å². The normalized spacial score (nSPS) is 19.9. The Kier molecular flexibility index (Phi) is 3.84. The number of rotatable bonds is 3. The van der Waals surface area contributed by atoms with Crippen molar-refractivity contribution in [2.24, 2.45) is 5.73 Å². The maximum absolute atomic E-state index is 7.57. The molecule has 98 valence electrons. The van der Waals surface area contributed by atoms with Crippen molar-refractivity contribution in [1.82, 2.24) is 4.98 Å². The molecule has 0 radical (unpaired) electrons. The van der Waals surface area contributed by atoms with E-state index >= 15 is 0 Å².